The molecular weight excluding hydrogens is 1020 g/mol. The topological polar surface area (TPSA) is 212 Å². The molecule has 16 bridgehead atoms. The Morgan fingerprint density at radius 2 is 0.350 bits per heavy atom. The number of hydrogen-bond acceptors (Lipinski definition) is 20. The summed E-state index contributed by atoms with van der Waals surface area (Å²) in [5.41, 5.74) is 12.4. The molecule has 0 saturated carbocycles. The Kier molecular flexibility index (Phi) is 24.0. The first kappa shape index (κ1) is 57.9. The van der Waals surface area contributed by atoms with Crippen molar-refractivity contribution in [1.29, 1.82) is 0 Å². The van der Waals surface area contributed by atoms with Gasteiger partial charge in [0.1, 0.15) is 0 Å². The van der Waals surface area contributed by atoms with E-state index in [2.05, 4.69) is 0 Å². The lowest BCUT2D eigenvalue weighted by molar-refractivity contribution is 0.00330. The van der Waals surface area contributed by atoms with Crippen LogP contribution in [0.5, 0.6) is 0 Å². The van der Waals surface area contributed by atoms with Crippen molar-refractivity contribution >= 4 is 47.6 Å². The second-order valence-electron chi connectivity index (χ2n) is 18.5. The Labute approximate surface area is 466 Å². The fourth-order valence-corrected chi connectivity index (χ4v) is 8.20. The second-order valence-corrected chi connectivity index (χ2v) is 18.5. The van der Waals surface area contributed by atoms with Gasteiger partial charge in [-0.25, -0.2) is 0 Å². The lowest BCUT2D eigenvalue weighted by atomic mass is 10.2. The van der Waals surface area contributed by atoms with Crippen LogP contribution in [0, 0.1) is 0 Å². The highest BCUT2D eigenvalue weighted by Crippen LogP contribution is 2.22. The highest BCUT2D eigenvalue weighted by molar-refractivity contribution is 5.85. The Hall–Kier alpha value is -6.76. The van der Waals surface area contributed by atoms with E-state index in [0.29, 0.717) is 106 Å². The predicted octanol–water partition coefficient (Wildman–Crippen LogP) is 8.21. The molecule has 16 heterocycles. The molecule has 0 N–H and O–H groups in total. The maximum absolute atomic E-state index is 6.00. The van der Waals surface area contributed by atoms with Crippen molar-refractivity contribution in [3.8, 4) is 0 Å². The zero-order valence-corrected chi connectivity index (χ0v) is 45.0. The molecular formula is C60H68N8O12. The van der Waals surface area contributed by atoms with Crippen molar-refractivity contribution < 1.29 is 56.8 Å². The van der Waals surface area contributed by atoms with Gasteiger partial charge in [-0.15, -0.1) is 0 Å². The van der Waals surface area contributed by atoms with Gasteiger partial charge in [0, 0.05) is 24.9 Å². The van der Waals surface area contributed by atoms with Crippen LogP contribution in [-0.2, 0) is 110 Å². The quantitative estimate of drug-likeness (QED) is 0.140. The summed E-state index contributed by atoms with van der Waals surface area (Å²) in [4.78, 5) is 38.4. The number of benzene rings is 2. The summed E-state index contributed by atoms with van der Waals surface area (Å²) >= 11 is 0. The van der Waals surface area contributed by atoms with E-state index < -0.39 is 0 Å². The van der Waals surface area contributed by atoms with Crippen LogP contribution in [0.1, 0.15) is 67.8 Å². The van der Waals surface area contributed by atoms with Crippen molar-refractivity contribution in [2.24, 2.45) is 20.0 Å². The molecule has 18 rings (SSSR count). The summed E-state index contributed by atoms with van der Waals surface area (Å²) in [6.45, 7) is 8.33. The summed E-state index contributed by atoms with van der Waals surface area (Å²) in [6, 6.07) is 31.0. The number of ether oxygens (including phenoxy) is 12. The van der Waals surface area contributed by atoms with Crippen LogP contribution in [0.2, 0.25) is 0 Å². The molecule has 420 valence electrons. The predicted molar refractivity (Wildman–Crippen MR) is 299 cm³/mol. The van der Waals surface area contributed by atoms with E-state index >= 15 is 0 Å². The summed E-state index contributed by atoms with van der Waals surface area (Å²) in [7, 11) is 0. The molecule has 0 radical (unpaired) electrons. The van der Waals surface area contributed by atoms with Crippen LogP contribution in [0.3, 0.4) is 0 Å². The molecule has 2 aromatic carbocycles. The van der Waals surface area contributed by atoms with Gasteiger partial charge >= 0.3 is 0 Å². The van der Waals surface area contributed by atoms with Crippen LogP contribution >= 0.6 is 0 Å². The van der Waals surface area contributed by atoms with Crippen LogP contribution < -0.4 is 0 Å². The first-order valence-electron chi connectivity index (χ1n) is 26.9. The molecule has 0 spiro atoms. The van der Waals surface area contributed by atoms with Gasteiger partial charge in [0.05, 0.1) is 227 Å². The van der Waals surface area contributed by atoms with E-state index in [-0.39, 0.29) is 52.9 Å². The third kappa shape index (κ3) is 21.0. The molecule has 4 aromatic heterocycles. The highest BCUT2D eigenvalue weighted by Gasteiger charge is 2.10. The van der Waals surface area contributed by atoms with Crippen LogP contribution in [0.4, 0.5) is 22.7 Å². The van der Waals surface area contributed by atoms with Gasteiger partial charge < -0.3 is 56.8 Å². The van der Waals surface area contributed by atoms with Gasteiger partial charge in [-0.2, -0.15) is 0 Å². The molecule has 12 aliphatic heterocycles. The molecule has 0 fully saturated rings. The number of nitrogens with zero attached hydrogens (tertiary/aromatic N) is 8. The molecule has 0 saturated heterocycles. The van der Waals surface area contributed by atoms with Crippen molar-refractivity contribution in [2.75, 3.05) is 106 Å². The summed E-state index contributed by atoms with van der Waals surface area (Å²) in [6.07, 6.45) is 7.23. The zero-order valence-electron chi connectivity index (χ0n) is 45.0. The van der Waals surface area contributed by atoms with Gasteiger partial charge in [0.2, 0.25) is 0 Å². The number of aromatic nitrogens is 4. The molecule has 0 aliphatic carbocycles. The molecule has 0 amide bonds. The SMILES string of the molecule is C1=Nc2ccc(cc2)N=Cc2cc3nc(c2)COCCOCCOCc2cc(cc(n2)COCCOCCOC3)C=Nc2ccc(cc2)N=Cc2cc3nc(c2)COCCOCCOCc2cc1cc(n2)COCCOCCOC3. The minimum atomic E-state index is 0.281. The third-order valence-electron chi connectivity index (χ3n) is 11.9. The summed E-state index contributed by atoms with van der Waals surface area (Å²) in [5, 5.41) is 0. The van der Waals surface area contributed by atoms with Gasteiger partial charge in [0.25, 0.3) is 0 Å². The van der Waals surface area contributed by atoms with Crippen molar-refractivity contribution in [1.82, 2.24) is 19.9 Å². The lowest BCUT2D eigenvalue weighted by Crippen LogP contribution is -2.12. The maximum Gasteiger partial charge on any atom is 0.0889 e. The summed E-state index contributed by atoms with van der Waals surface area (Å²) in [5.74, 6) is 0. The number of pyridine rings is 4. The fraction of sp³-hybridized carbons (Fsp3) is 0.400. The number of rotatable bonds is 0. The minimum absolute atomic E-state index is 0.281. The smallest absolute Gasteiger partial charge is 0.0889 e. The van der Waals surface area contributed by atoms with Gasteiger partial charge in [-0.1, -0.05) is 0 Å². The van der Waals surface area contributed by atoms with Crippen LogP contribution in [0.25, 0.3) is 0 Å². The average molecular weight is 1090 g/mol. The van der Waals surface area contributed by atoms with Gasteiger partial charge in [0.15, 0.2) is 0 Å². The van der Waals surface area contributed by atoms with E-state index in [1.807, 2.05) is 122 Å². The first-order valence-corrected chi connectivity index (χ1v) is 26.9. The van der Waals surface area contributed by atoms with Crippen molar-refractivity contribution in [3.63, 3.8) is 0 Å². The van der Waals surface area contributed by atoms with Crippen LogP contribution in [-0.4, -0.2) is 151 Å². The zero-order chi connectivity index (χ0) is 54.5. The molecule has 0 unspecified atom stereocenters. The molecule has 20 nitrogen and oxygen atoms in total. The first-order chi connectivity index (χ1) is 39.6. The van der Waals surface area contributed by atoms with E-state index in [1.54, 1.807) is 0 Å². The Morgan fingerprint density at radius 3 is 0.512 bits per heavy atom. The highest BCUT2D eigenvalue weighted by atomic mass is 16.6. The van der Waals surface area contributed by atoms with Gasteiger partial charge in [-0.3, -0.25) is 39.9 Å². The van der Waals surface area contributed by atoms with Gasteiger partial charge in [-0.05, 0) is 119 Å². The third-order valence-corrected chi connectivity index (χ3v) is 11.9. The van der Waals surface area contributed by atoms with E-state index in [9.17, 15) is 0 Å². The second kappa shape index (κ2) is 33.1. The largest absolute Gasteiger partial charge is 0.377 e. The molecule has 6 aromatic rings. The molecule has 80 heavy (non-hydrogen) atoms. The standard InChI is InChI=1S/C60H68N8O12/c1-2-50-4-3-49(1)61-33-45-25-53-37-73-17-9-69-13-21-77-41-57-29-47(30-58(67-57)42-78-22-14-70-10-18-74-38-54(26-45)65-53)35-63-51-5-7-52(8-6-51)64-36-48-31-59-43-79-23-15-71-11-19-75-39-55-27-46(34-62-50)28-56(66-55)40-76-20-12-72-16-24-80-44-60(32-48)68-59/h1-8,25-36H,9-24,37-44H2. The minimum Gasteiger partial charge on any atom is -0.377 e. The fourth-order valence-electron chi connectivity index (χ4n) is 8.20. The van der Waals surface area contributed by atoms with Crippen LogP contribution in [0.15, 0.2) is 117 Å². The number of hydrogen-bond donors (Lipinski definition) is 0. The normalized spacial score (nSPS) is 18.0. The van der Waals surface area contributed by atoms with E-state index in [0.717, 1.165) is 90.6 Å². The van der Waals surface area contributed by atoms with E-state index in [1.165, 1.54) is 0 Å². The Morgan fingerprint density at radius 1 is 0.200 bits per heavy atom. The van der Waals surface area contributed by atoms with Crippen molar-refractivity contribution in [2.45, 2.75) is 52.9 Å². The Bertz CT molecular complexity index is 2450. The lowest BCUT2D eigenvalue weighted by Gasteiger charge is -2.11. The molecule has 20 heteroatoms. The van der Waals surface area contributed by atoms with Crippen molar-refractivity contribution in [3.05, 3.63) is 165 Å². The molecule has 12 aliphatic rings. The molecule has 0 atom stereocenters. The monoisotopic (exact) mass is 1090 g/mol. The Balaban J connectivity index is 0.948. The summed E-state index contributed by atoms with van der Waals surface area (Å²) < 4.78 is 71.4. The number of aliphatic imine (C=N–C) groups is 4. The maximum atomic E-state index is 6.00. The van der Waals surface area contributed by atoms with E-state index in [4.69, 9.17) is 96.7 Å². The average Bonchev–Trinajstić information content (AvgIpc) is 3.47.